The van der Waals surface area contributed by atoms with E-state index in [-0.39, 0.29) is 24.0 Å². The van der Waals surface area contributed by atoms with Crippen molar-refractivity contribution in [2.75, 3.05) is 28.2 Å². The lowest BCUT2D eigenvalue weighted by Crippen LogP contribution is -3.00. The van der Waals surface area contributed by atoms with Crippen LogP contribution in [0.2, 0.25) is 0 Å². The molecule has 56 valence electrons. The van der Waals surface area contributed by atoms with Crippen molar-refractivity contribution in [2.45, 2.75) is 0 Å². The minimum absolute atomic E-state index is 0. The number of halogens is 1. The van der Waals surface area contributed by atoms with Crippen LogP contribution in [0.4, 0.5) is 0 Å². The van der Waals surface area contributed by atoms with Crippen molar-refractivity contribution in [1.82, 2.24) is 4.90 Å². The lowest BCUT2D eigenvalue weighted by Gasteiger charge is -2.04. The Labute approximate surface area is 73.5 Å². The normalized spacial score (nSPS) is 7.56. The summed E-state index contributed by atoms with van der Waals surface area (Å²) in [5.74, 6) is 0.769. The van der Waals surface area contributed by atoms with Gasteiger partial charge >= 0.3 is 5.96 Å². The van der Waals surface area contributed by atoms with Crippen LogP contribution in [0.5, 0.6) is 0 Å². The van der Waals surface area contributed by atoms with Gasteiger partial charge < -0.3 is 24.0 Å². The topological polar surface area (TPSA) is 32.3 Å². The molecule has 0 aromatic heterocycles. The molecular weight excluding hydrogens is 229 g/mol. The molecule has 9 heavy (non-hydrogen) atoms. The van der Waals surface area contributed by atoms with Gasteiger partial charge in [-0.1, -0.05) is 0 Å². The van der Waals surface area contributed by atoms with Crippen molar-refractivity contribution in [3.63, 3.8) is 0 Å². The van der Waals surface area contributed by atoms with E-state index in [0.29, 0.717) is 0 Å². The molecule has 0 unspecified atom stereocenters. The third-order valence-corrected chi connectivity index (χ3v) is 0.916. The average molecular weight is 243 g/mol. The summed E-state index contributed by atoms with van der Waals surface area (Å²) in [4.78, 5) is 1.86. The molecule has 0 atom stereocenters. The van der Waals surface area contributed by atoms with E-state index in [1.54, 1.807) is 0 Å². The lowest BCUT2D eigenvalue weighted by atomic mass is 10.8. The Bertz CT molecular complexity index is 105. The molecule has 0 bridgehead atoms. The maximum Gasteiger partial charge on any atom is 0.344 e. The lowest BCUT2D eigenvalue weighted by molar-refractivity contribution is -0.470. The van der Waals surface area contributed by atoms with Crippen LogP contribution in [0.3, 0.4) is 0 Å². The highest BCUT2D eigenvalue weighted by Gasteiger charge is 2.00. The van der Waals surface area contributed by atoms with E-state index in [1.807, 2.05) is 37.7 Å². The monoisotopic (exact) mass is 243 g/mol. The summed E-state index contributed by atoms with van der Waals surface area (Å²) >= 11 is 0. The van der Waals surface area contributed by atoms with Gasteiger partial charge in [-0.15, -0.1) is 0 Å². The molecule has 0 aromatic rings. The van der Waals surface area contributed by atoms with E-state index in [9.17, 15) is 0 Å². The first kappa shape index (κ1) is 11.8. The Balaban J connectivity index is 0. The van der Waals surface area contributed by atoms with Crippen molar-refractivity contribution >= 4 is 5.96 Å². The van der Waals surface area contributed by atoms with Crippen LogP contribution >= 0.6 is 0 Å². The van der Waals surface area contributed by atoms with Gasteiger partial charge in [0.1, 0.15) is 0 Å². The molecule has 0 saturated heterocycles. The van der Waals surface area contributed by atoms with E-state index in [2.05, 4.69) is 0 Å². The van der Waals surface area contributed by atoms with Crippen LogP contribution in [0.15, 0.2) is 0 Å². The summed E-state index contributed by atoms with van der Waals surface area (Å²) in [7, 11) is 7.65. The quantitative estimate of drug-likeness (QED) is 0.204. The Morgan fingerprint density at radius 3 is 1.67 bits per heavy atom. The second-order valence-corrected chi connectivity index (χ2v) is 2.15. The van der Waals surface area contributed by atoms with Gasteiger partial charge in [0, 0.05) is 0 Å². The Hall–Kier alpha value is 0. The van der Waals surface area contributed by atoms with Crippen LogP contribution in [0, 0.1) is 0 Å². The second kappa shape index (κ2) is 4.84. The molecule has 0 fully saturated rings. The Morgan fingerprint density at radius 1 is 1.33 bits per heavy atom. The molecule has 0 amide bonds. The van der Waals surface area contributed by atoms with Gasteiger partial charge in [0.2, 0.25) is 0 Å². The summed E-state index contributed by atoms with van der Waals surface area (Å²) in [6, 6.07) is 0. The van der Waals surface area contributed by atoms with Crippen LogP contribution in [0.1, 0.15) is 0 Å². The summed E-state index contributed by atoms with van der Waals surface area (Å²) in [5.41, 5.74) is 5.53. The fourth-order valence-electron chi connectivity index (χ4n) is 0.400. The molecule has 3 nitrogen and oxygen atoms in total. The molecule has 0 rings (SSSR count). The molecule has 0 saturated carbocycles. The zero-order valence-electron chi connectivity index (χ0n) is 6.35. The fraction of sp³-hybridized carbons (Fsp3) is 0.800. The molecule has 4 heteroatoms. The minimum Gasteiger partial charge on any atom is -1.00 e. The van der Waals surface area contributed by atoms with Crippen LogP contribution in [0.25, 0.3) is 0 Å². The second-order valence-electron chi connectivity index (χ2n) is 2.15. The highest BCUT2D eigenvalue weighted by Crippen LogP contribution is 1.68. The zero-order valence-corrected chi connectivity index (χ0v) is 8.51. The zero-order chi connectivity index (χ0) is 6.73. The summed E-state index contributed by atoms with van der Waals surface area (Å²) < 4.78 is 1.86. The third-order valence-electron chi connectivity index (χ3n) is 0.916. The van der Waals surface area contributed by atoms with Gasteiger partial charge in [-0.05, 0) is 0 Å². The largest absolute Gasteiger partial charge is 1.00 e. The Kier molecular flexibility index (Phi) is 6.32. The molecule has 0 radical (unpaired) electrons. The first-order chi connectivity index (χ1) is 3.55. The number of nitrogens with zero attached hydrogens (tertiary/aromatic N) is 2. The van der Waals surface area contributed by atoms with Gasteiger partial charge in [0.25, 0.3) is 0 Å². The predicted molar refractivity (Wildman–Crippen MR) is 35.0 cm³/mol. The van der Waals surface area contributed by atoms with Crippen molar-refractivity contribution in [3.05, 3.63) is 0 Å². The summed E-state index contributed by atoms with van der Waals surface area (Å²) in [6.45, 7) is 0. The molecule has 0 heterocycles. The molecule has 0 aliphatic heterocycles. The highest BCUT2D eigenvalue weighted by molar-refractivity contribution is 5.72. The third kappa shape index (κ3) is 4.50. The van der Waals surface area contributed by atoms with Crippen LogP contribution in [-0.4, -0.2) is 43.6 Å². The molecular formula is C5H14IN3. The first-order valence-corrected chi connectivity index (χ1v) is 2.52. The maximum atomic E-state index is 5.53. The number of hydrogen-bond acceptors (Lipinski definition) is 0. The van der Waals surface area contributed by atoms with Gasteiger partial charge in [-0.2, -0.15) is 0 Å². The number of hydrogen-bond donors (Lipinski definition) is 1. The molecule has 0 spiro atoms. The first-order valence-electron chi connectivity index (χ1n) is 2.52. The molecule has 0 aliphatic carbocycles. The maximum absolute atomic E-state index is 5.53. The van der Waals surface area contributed by atoms with E-state index in [0.717, 1.165) is 5.96 Å². The smallest absolute Gasteiger partial charge is 0.344 e. The van der Waals surface area contributed by atoms with E-state index < -0.39 is 0 Å². The van der Waals surface area contributed by atoms with E-state index in [4.69, 9.17) is 5.73 Å². The highest BCUT2D eigenvalue weighted by atomic mass is 127. The van der Waals surface area contributed by atoms with Crippen LogP contribution in [-0.2, 0) is 0 Å². The van der Waals surface area contributed by atoms with E-state index >= 15 is 0 Å². The fourth-order valence-corrected chi connectivity index (χ4v) is 0.400. The number of guanidine groups is 1. The minimum atomic E-state index is 0. The Morgan fingerprint density at radius 2 is 1.67 bits per heavy atom. The predicted octanol–water partition coefficient (Wildman–Crippen LogP) is -3.86. The van der Waals surface area contributed by atoms with E-state index in [1.165, 1.54) is 0 Å². The molecule has 0 aliphatic rings. The van der Waals surface area contributed by atoms with Gasteiger partial charge in [-0.3, -0.25) is 15.2 Å². The molecule has 2 N–H and O–H groups in total. The summed E-state index contributed by atoms with van der Waals surface area (Å²) in [5, 5.41) is 0. The standard InChI is InChI=1S/C5H13N3.HI/c1-7(2)5(6)8(3)4;/h6H,1-4H3;1H. The SMILES string of the molecule is CN(C)C(N)=[N+](C)C.[I-]. The van der Waals surface area contributed by atoms with Gasteiger partial charge in [-0.25, -0.2) is 0 Å². The van der Waals surface area contributed by atoms with Crippen molar-refractivity contribution < 1.29 is 28.6 Å². The van der Waals surface area contributed by atoms with Crippen molar-refractivity contribution in [1.29, 1.82) is 0 Å². The van der Waals surface area contributed by atoms with Gasteiger partial charge in [0.15, 0.2) is 0 Å². The summed E-state index contributed by atoms with van der Waals surface area (Å²) in [6.07, 6.45) is 0. The van der Waals surface area contributed by atoms with Crippen LogP contribution < -0.4 is 29.7 Å². The number of rotatable bonds is 0. The van der Waals surface area contributed by atoms with Gasteiger partial charge in [0.05, 0.1) is 28.2 Å². The van der Waals surface area contributed by atoms with Crippen molar-refractivity contribution in [3.8, 4) is 0 Å². The molecule has 0 aromatic carbocycles. The average Bonchev–Trinajstić information content (AvgIpc) is 1.64. The van der Waals surface area contributed by atoms with Crippen molar-refractivity contribution in [2.24, 2.45) is 5.73 Å². The number of nitrogens with two attached hydrogens (primary N) is 1.